The second-order valence-corrected chi connectivity index (χ2v) is 7.90. The van der Waals surface area contributed by atoms with Crippen molar-refractivity contribution in [2.24, 2.45) is 5.92 Å². The number of nitrogens with zero attached hydrogens (tertiary/aromatic N) is 2. The number of ether oxygens (including phenoxy) is 1. The summed E-state index contributed by atoms with van der Waals surface area (Å²) in [4.78, 5) is 29.9. The van der Waals surface area contributed by atoms with E-state index in [0.29, 0.717) is 41.7 Å². The van der Waals surface area contributed by atoms with Crippen LogP contribution in [-0.4, -0.2) is 31.5 Å². The molecule has 6 heteroatoms. The van der Waals surface area contributed by atoms with Gasteiger partial charge in [-0.05, 0) is 48.5 Å². The van der Waals surface area contributed by atoms with Crippen molar-refractivity contribution in [1.82, 2.24) is 0 Å². The number of halogens is 1. The molecule has 0 radical (unpaired) electrons. The molecule has 1 aliphatic heterocycles. The molecular formula is C25H23ClN2O3. The lowest BCUT2D eigenvalue weighted by molar-refractivity contribution is -0.121. The Morgan fingerprint density at radius 2 is 1.61 bits per heavy atom. The zero-order chi connectivity index (χ0) is 21.8. The van der Waals surface area contributed by atoms with E-state index < -0.39 is 0 Å². The Balaban J connectivity index is 1.60. The molecule has 31 heavy (non-hydrogen) atoms. The molecule has 5 nitrogen and oxygen atoms in total. The smallest absolute Gasteiger partial charge is 0.258 e. The molecule has 4 rings (SSSR count). The average Bonchev–Trinajstić information content (AvgIpc) is 2.91. The number of anilines is 2. The first-order valence-electron chi connectivity index (χ1n) is 10.2. The summed E-state index contributed by atoms with van der Waals surface area (Å²) in [7, 11) is 0. The van der Waals surface area contributed by atoms with Crippen LogP contribution in [0.4, 0.5) is 11.4 Å². The monoisotopic (exact) mass is 434 g/mol. The highest BCUT2D eigenvalue weighted by atomic mass is 35.5. The fraction of sp³-hybridized carbons (Fsp3) is 0.200. The molecule has 158 valence electrons. The number of carbonyl (C=O) groups excluding carboxylic acids is 2. The van der Waals surface area contributed by atoms with Gasteiger partial charge in [0, 0.05) is 17.1 Å². The van der Waals surface area contributed by atoms with Gasteiger partial charge in [0.05, 0.1) is 23.8 Å². The van der Waals surface area contributed by atoms with Crippen molar-refractivity contribution in [2.45, 2.75) is 6.92 Å². The highest BCUT2D eigenvalue weighted by Crippen LogP contribution is 2.35. The van der Waals surface area contributed by atoms with Gasteiger partial charge < -0.3 is 14.5 Å². The van der Waals surface area contributed by atoms with Gasteiger partial charge in [0.15, 0.2) is 0 Å². The maximum absolute atomic E-state index is 13.3. The van der Waals surface area contributed by atoms with Crippen molar-refractivity contribution in [1.29, 1.82) is 0 Å². The normalized spacial score (nSPS) is 15.9. The van der Waals surface area contributed by atoms with Crippen molar-refractivity contribution in [3.63, 3.8) is 0 Å². The minimum atomic E-state index is -0.351. The topological polar surface area (TPSA) is 49.9 Å². The highest BCUT2D eigenvalue weighted by molar-refractivity contribution is 6.30. The molecule has 2 amide bonds. The summed E-state index contributed by atoms with van der Waals surface area (Å²) in [5.41, 5.74) is 2.03. The van der Waals surface area contributed by atoms with Gasteiger partial charge in [-0.15, -0.1) is 0 Å². The predicted octanol–water partition coefficient (Wildman–Crippen LogP) is 5.05. The molecule has 0 fully saturated rings. The molecule has 1 unspecified atom stereocenters. The Kier molecular flexibility index (Phi) is 6.23. The minimum absolute atomic E-state index is 0.0319. The van der Waals surface area contributed by atoms with Crippen molar-refractivity contribution >= 4 is 34.8 Å². The van der Waals surface area contributed by atoms with Crippen molar-refractivity contribution in [3.8, 4) is 5.75 Å². The minimum Gasteiger partial charge on any atom is -0.492 e. The molecule has 0 saturated heterocycles. The number of amides is 2. The molecule has 0 N–H and O–H groups in total. The molecule has 0 spiro atoms. The zero-order valence-electron chi connectivity index (χ0n) is 17.2. The lowest BCUT2D eigenvalue weighted by Gasteiger charge is -2.25. The van der Waals surface area contributed by atoms with Crippen LogP contribution < -0.4 is 14.5 Å². The van der Waals surface area contributed by atoms with Crippen LogP contribution in [0, 0.1) is 5.92 Å². The second-order valence-electron chi connectivity index (χ2n) is 7.46. The maximum Gasteiger partial charge on any atom is 0.258 e. The Morgan fingerprint density at radius 3 is 2.32 bits per heavy atom. The first-order chi connectivity index (χ1) is 15.0. The number of hydrogen-bond acceptors (Lipinski definition) is 3. The van der Waals surface area contributed by atoms with Gasteiger partial charge in [-0.25, -0.2) is 0 Å². The number of fused-ring (bicyclic) bond motifs is 1. The molecule has 0 saturated carbocycles. The number of hydrogen-bond donors (Lipinski definition) is 0. The quantitative estimate of drug-likeness (QED) is 0.564. The maximum atomic E-state index is 13.3. The average molecular weight is 435 g/mol. The third kappa shape index (κ3) is 4.57. The molecule has 3 aromatic rings. The largest absolute Gasteiger partial charge is 0.492 e. The third-order valence-corrected chi connectivity index (χ3v) is 5.52. The summed E-state index contributed by atoms with van der Waals surface area (Å²) in [5, 5.41) is 0.640. The summed E-state index contributed by atoms with van der Waals surface area (Å²) in [6.45, 7) is 2.86. The Bertz CT molecular complexity index is 1070. The SMILES string of the molecule is CC1CN(C(=O)c2ccccc2)c2ccccc2N(CCOc2ccc(Cl)cc2)C1=O. The van der Waals surface area contributed by atoms with Crippen molar-refractivity contribution < 1.29 is 14.3 Å². The molecule has 0 bridgehead atoms. The van der Waals surface area contributed by atoms with E-state index in [1.54, 1.807) is 46.2 Å². The van der Waals surface area contributed by atoms with Crippen LogP contribution in [0.5, 0.6) is 5.75 Å². The first kappa shape index (κ1) is 20.9. The van der Waals surface area contributed by atoms with E-state index in [2.05, 4.69) is 0 Å². The first-order valence-corrected chi connectivity index (χ1v) is 10.6. The molecule has 1 heterocycles. The molecule has 1 atom stereocenters. The van der Waals surface area contributed by atoms with Crippen LogP contribution in [0.2, 0.25) is 5.02 Å². The standard InChI is InChI=1S/C25H23ClN2O3/c1-18-17-28(25(30)19-7-3-2-4-8-19)23-10-6-5-9-22(23)27(24(18)29)15-16-31-21-13-11-20(26)12-14-21/h2-14,18H,15-17H2,1H3. The van der Waals surface area contributed by atoms with Crippen LogP contribution in [0.25, 0.3) is 0 Å². The van der Waals surface area contributed by atoms with Gasteiger partial charge in [0.1, 0.15) is 12.4 Å². The summed E-state index contributed by atoms with van der Waals surface area (Å²) < 4.78 is 5.81. The van der Waals surface area contributed by atoms with Crippen molar-refractivity contribution in [3.05, 3.63) is 89.4 Å². The van der Waals surface area contributed by atoms with E-state index in [-0.39, 0.29) is 17.7 Å². The van der Waals surface area contributed by atoms with Crippen LogP contribution in [0.3, 0.4) is 0 Å². The van der Waals surface area contributed by atoms with Gasteiger partial charge in [0.25, 0.3) is 5.91 Å². The zero-order valence-corrected chi connectivity index (χ0v) is 18.0. The number of carbonyl (C=O) groups is 2. The van der Waals surface area contributed by atoms with Crippen LogP contribution >= 0.6 is 11.6 Å². The molecule has 0 aliphatic carbocycles. The molecular weight excluding hydrogens is 412 g/mol. The van der Waals surface area contributed by atoms with Crippen LogP contribution in [-0.2, 0) is 4.79 Å². The lowest BCUT2D eigenvalue weighted by atomic mass is 10.1. The molecule has 1 aliphatic rings. The van der Waals surface area contributed by atoms with E-state index >= 15 is 0 Å². The Labute approximate surface area is 186 Å². The Morgan fingerprint density at radius 1 is 0.968 bits per heavy atom. The summed E-state index contributed by atoms with van der Waals surface area (Å²) in [6, 6.07) is 23.8. The lowest BCUT2D eigenvalue weighted by Crippen LogP contribution is -2.39. The van der Waals surface area contributed by atoms with Crippen LogP contribution in [0.1, 0.15) is 17.3 Å². The highest BCUT2D eigenvalue weighted by Gasteiger charge is 2.33. The summed E-state index contributed by atoms with van der Waals surface area (Å²) in [6.07, 6.45) is 0. The number of benzene rings is 3. The van der Waals surface area contributed by atoms with Crippen LogP contribution in [0.15, 0.2) is 78.9 Å². The van der Waals surface area contributed by atoms with E-state index in [0.717, 1.165) is 5.69 Å². The van der Waals surface area contributed by atoms with Gasteiger partial charge in [0.2, 0.25) is 5.91 Å². The van der Waals surface area contributed by atoms with Gasteiger partial charge >= 0.3 is 0 Å². The third-order valence-electron chi connectivity index (χ3n) is 5.27. The summed E-state index contributed by atoms with van der Waals surface area (Å²) in [5.74, 6) is 0.187. The Hall–Kier alpha value is -3.31. The van der Waals surface area contributed by atoms with E-state index in [9.17, 15) is 9.59 Å². The fourth-order valence-corrected chi connectivity index (χ4v) is 3.83. The van der Waals surface area contributed by atoms with E-state index in [1.165, 1.54) is 0 Å². The van der Waals surface area contributed by atoms with Gasteiger partial charge in [-0.2, -0.15) is 0 Å². The van der Waals surface area contributed by atoms with E-state index in [4.69, 9.17) is 16.3 Å². The molecule has 3 aromatic carbocycles. The number of rotatable bonds is 5. The summed E-state index contributed by atoms with van der Waals surface area (Å²) >= 11 is 5.92. The molecule has 0 aromatic heterocycles. The van der Waals surface area contributed by atoms with Crippen molar-refractivity contribution in [2.75, 3.05) is 29.5 Å². The second kappa shape index (κ2) is 9.23. The predicted molar refractivity (Wildman–Crippen MR) is 123 cm³/mol. The van der Waals surface area contributed by atoms with E-state index in [1.807, 2.05) is 49.4 Å². The van der Waals surface area contributed by atoms with Gasteiger partial charge in [-0.3, -0.25) is 9.59 Å². The van der Waals surface area contributed by atoms with Gasteiger partial charge in [-0.1, -0.05) is 48.9 Å². The fourth-order valence-electron chi connectivity index (χ4n) is 3.70. The number of para-hydroxylation sites is 2.